The molecule has 0 bridgehead atoms. The van der Waals surface area contributed by atoms with Crippen molar-refractivity contribution >= 4 is 23.4 Å². The average molecular weight is 346 g/mol. The fourth-order valence-corrected chi connectivity index (χ4v) is 3.01. The molecule has 1 unspecified atom stereocenters. The van der Waals surface area contributed by atoms with Crippen LogP contribution in [0, 0.1) is 0 Å². The molecular weight excluding hydrogens is 328 g/mol. The summed E-state index contributed by atoms with van der Waals surface area (Å²) in [6, 6.07) is 5.36. The number of hydrogen-bond donors (Lipinski definition) is 1. The third kappa shape index (κ3) is 3.70. The van der Waals surface area contributed by atoms with Crippen molar-refractivity contribution in [2.24, 2.45) is 0 Å². The van der Waals surface area contributed by atoms with Crippen molar-refractivity contribution in [1.29, 1.82) is 0 Å². The van der Waals surface area contributed by atoms with Crippen molar-refractivity contribution < 1.29 is 14.3 Å². The molecular formula is C16H18N4O3S. The zero-order valence-electron chi connectivity index (χ0n) is 13.3. The van der Waals surface area contributed by atoms with Gasteiger partial charge in [-0.3, -0.25) is 4.79 Å². The summed E-state index contributed by atoms with van der Waals surface area (Å²) >= 11 is 1.35. The van der Waals surface area contributed by atoms with E-state index in [1.165, 1.54) is 11.8 Å². The van der Waals surface area contributed by atoms with Crippen LogP contribution in [-0.4, -0.2) is 39.1 Å². The predicted octanol–water partition coefficient (Wildman–Crippen LogP) is 2.35. The average Bonchev–Trinajstić information content (AvgIpc) is 3.02. The van der Waals surface area contributed by atoms with Crippen LogP contribution in [0.3, 0.4) is 0 Å². The molecule has 24 heavy (non-hydrogen) atoms. The summed E-state index contributed by atoms with van der Waals surface area (Å²) < 4.78 is 12.8. The van der Waals surface area contributed by atoms with E-state index in [9.17, 15) is 4.79 Å². The van der Waals surface area contributed by atoms with Crippen molar-refractivity contribution in [3.05, 3.63) is 37.2 Å². The maximum Gasteiger partial charge on any atom is 0.237 e. The highest BCUT2D eigenvalue weighted by Gasteiger charge is 2.19. The number of carbonyl (C=O) groups excluding carboxylic acids is 1. The van der Waals surface area contributed by atoms with Gasteiger partial charge in [0.1, 0.15) is 19.5 Å². The van der Waals surface area contributed by atoms with Crippen molar-refractivity contribution in [1.82, 2.24) is 14.8 Å². The molecule has 0 radical (unpaired) electrons. The number of fused-ring (bicyclic) bond motifs is 1. The molecule has 0 fully saturated rings. The van der Waals surface area contributed by atoms with E-state index in [2.05, 4.69) is 22.1 Å². The number of rotatable bonds is 6. The third-order valence-electron chi connectivity index (χ3n) is 3.37. The predicted molar refractivity (Wildman–Crippen MR) is 91.6 cm³/mol. The smallest absolute Gasteiger partial charge is 0.237 e. The first-order valence-electron chi connectivity index (χ1n) is 7.53. The minimum absolute atomic E-state index is 0.121. The first-order valence-corrected chi connectivity index (χ1v) is 8.41. The van der Waals surface area contributed by atoms with E-state index in [1.807, 2.05) is 11.5 Å². The molecule has 1 amide bonds. The molecule has 1 aliphatic heterocycles. The molecule has 0 aliphatic carbocycles. The van der Waals surface area contributed by atoms with Gasteiger partial charge in [0.15, 0.2) is 16.7 Å². The molecule has 0 spiro atoms. The molecule has 1 N–H and O–H groups in total. The topological polar surface area (TPSA) is 78.3 Å². The maximum atomic E-state index is 12.4. The van der Waals surface area contributed by atoms with Crippen molar-refractivity contribution in [3.63, 3.8) is 0 Å². The van der Waals surface area contributed by atoms with Gasteiger partial charge < -0.3 is 19.4 Å². The van der Waals surface area contributed by atoms with Crippen LogP contribution in [0.4, 0.5) is 5.69 Å². The molecule has 2 aromatic rings. The number of carbonyl (C=O) groups is 1. The van der Waals surface area contributed by atoms with Crippen LogP contribution >= 0.6 is 11.8 Å². The molecule has 0 saturated carbocycles. The summed E-state index contributed by atoms with van der Waals surface area (Å²) in [7, 11) is 0. The van der Waals surface area contributed by atoms with Gasteiger partial charge in [-0.1, -0.05) is 17.8 Å². The molecule has 8 heteroatoms. The second-order valence-corrected chi connectivity index (χ2v) is 6.47. The van der Waals surface area contributed by atoms with E-state index >= 15 is 0 Å². The highest BCUT2D eigenvalue weighted by atomic mass is 32.2. The Hall–Kier alpha value is -2.48. The molecule has 1 aromatic heterocycles. The van der Waals surface area contributed by atoms with Crippen LogP contribution < -0.4 is 14.8 Å². The lowest BCUT2D eigenvalue weighted by Gasteiger charge is -2.19. The molecule has 2 heterocycles. The van der Waals surface area contributed by atoms with Crippen molar-refractivity contribution in [2.45, 2.75) is 23.9 Å². The summed E-state index contributed by atoms with van der Waals surface area (Å²) in [5, 5.41) is 11.1. The molecule has 1 atom stereocenters. The highest BCUT2D eigenvalue weighted by molar-refractivity contribution is 8.00. The molecule has 1 aliphatic rings. The van der Waals surface area contributed by atoms with Crippen molar-refractivity contribution in [3.8, 4) is 11.5 Å². The van der Waals surface area contributed by atoms with Gasteiger partial charge in [-0.05, 0) is 19.1 Å². The van der Waals surface area contributed by atoms with Crippen LogP contribution in [0.1, 0.15) is 6.92 Å². The second kappa shape index (κ2) is 7.39. The number of nitrogens with one attached hydrogen (secondary N) is 1. The largest absolute Gasteiger partial charge is 0.486 e. The molecule has 7 nitrogen and oxygen atoms in total. The van der Waals surface area contributed by atoms with Gasteiger partial charge >= 0.3 is 0 Å². The second-order valence-electron chi connectivity index (χ2n) is 5.16. The van der Waals surface area contributed by atoms with Gasteiger partial charge in [-0.15, -0.1) is 16.8 Å². The van der Waals surface area contributed by atoms with Crippen LogP contribution in [0.5, 0.6) is 11.5 Å². The summed E-state index contributed by atoms with van der Waals surface area (Å²) in [4.78, 5) is 12.4. The quantitative estimate of drug-likeness (QED) is 0.639. The highest BCUT2D eigenvalue weighted by Crippen LogP contribution is 2.33. The van der Waals surface area contributed by atoms with E-state index < -0.39 is 0 Å². The van der Waals surface area contributed by atoms with Crippen LogP contribution in [0.2, 0.25) is 0 Å². The number of benzene rings is 1. The zero-order chi connectivity index (χ0) is 16.9. The Bertz CT molecular complexity index is 747. The number of nitrogens with zero attached hydrogens (tertiary/aromatic N) is 3. The van der Waals surface area contributed by atoms with E-state index in [1.54, 1.807) is 30.6 Å². The molecule has 1 aromatic carbocycles. The van der Waals surface area contributed by atoms with E-state index in [4.69, 9.17) is 9.47 Å². The van der Waals surface area contributed by atoms with Gasteiger partial charge in [-0.25, -0.2) is 0 Å². The Kier molecular flexibility index (Phi) is 5.05. The summed E-state index contributed by atoms with van der Waals surface area (Å²) in [6.45, 7) is 7.17. The number of anilines is 1. The lowest BCUT2D eigenvalue weighted by Crippen LogP contribution is -2.23. The SMILES string of the molecule is C=CCn1cnnc1SC(C)C(=O)Nc1ccc2c(c1)OCCO2. The van der Waals surface area contributed by atoms with E-state index in [-0.39, 0.29) is 11.2 Å². The summed E-state index contributed by atoms with van der Waals surface area (Å²) in [6.07, 6.45) is 3.38. The Morgan fingerprint density at radius 1 is 1.46 bits per heavy atom. The number of amides is 1. The minimum atomic E-state index is -0.328. The monoisotopic (exact) mass is 346 g/mol. The number of allylic oxidation sites excluding steroid dienone is 1. The summed E-state index contributed by atoms with van der Waals surface area (Å²) in [5.41, 5.74) is 0.671. The summed E-state index contributed by atoms with van der Waals surface area (Å²) in [5.74, 6) is 1.22. The van der Waals surface area contributed by atoms with Gasteiger partial charge in [0.25, 0.3) is 0 Å². The number of ether oxygens (including phenoxy) is 2. The molecule has 0 saturated heterocycles. The lowest BCUT2D eigenvalue weighted by molar-refractivity contribution is -0.115. The lowest BCUT2D eigenvalue weighted by atomic mass is 10.2. The van der Waals surface area contributed by atoms with Crippen molar-refractivity contribution in [2.75, 3.05) is 18.5 Å². The van der Waals surface area contributed by atoms with E-state index in [0.29, 0.717) is 42.1 Å². The number of thioether (sulfide) groups is 1. The first-order chi connectivity index (χ1) is 11.7. The third-order valence-corrected chi connectivity index (χ3v) is 4.46. The first kappa shape index (κ1) is 16.4. The van der Waals surface area contributed by atoms with Gasteiger partial charge in [0.2, 0.25) is 5.91 Å². The Morgan fingerprint density at radius 2 is 2.25 bits per heavy atom. The van der Waals surface area contributed by atoms with E-state index in [0.717, 1.165) is 0 Å². The molecule has 126 valence electrons. The Labute approximate surface area is 144 Å². The van der Waals surface area contributed by atoms with Gasteiger partial charge in [0, 0.05) is 18.3 Å². The fourth-order valence-electron chi connectivity index (χ4n) is 2.18. The molecule has 3 rings (SSSR count). The minimum Gasteiger partial charge on any atom is -0.486 e. The fraction of sp³-hybridized carbons (Fsp3) is 0.312. The Morgan fingerprint density at radius 3 is 3.04 bits per heavy atom. The van der Waals surface area contributed by atoms with Crippen LogP contribution in [0.15, 0.2) is 42.3 Å². The normalized spacial score (nSPS) is 14.0. The standard InChI is InChI=1S/C16H18N4O3S/c1-3-6-20-10-17-19-16(20)24-11(2)15(21)18-12-4-5-13-14(9-12)23-8-7-22-13/h3-5,9-11H,1,6-8H2,2H3,(H,18,21). The van der Waals surface area contributed by atoms with Crippen LogP contribution in [0.25, 0.3) is 0 Å². The number of aromatic nitrogens is 3. The van der Waals surface area contributed by atoms with Gasteiger partial charge in [0.05, 0.1) is 5.25 Å². The maximum absolute atomic E-state index is 12.4. The Balaban J connectivity index is 1.63. The van der Waals surface area contributed by atoms with Gasteiger partial charge in [-0.2, -0.15) is 0 Å². The zero-order valence-corrected chi connectivity index (χ0v) is 14.1. The van der Waals surface area contributed by atoms with Crippen LogP contribution in [-0.2, 0) is 11.3 Å². The number of hydrogen-bond acceptors (Lipinski definition) is 6.